The standard InChI is InChI=1S/C34H39ClFN5O5/c1-18-13-23(16-25(36)29(18)46-27-14-19(2)39-40-31(27)43)30(42)38-20(3)32(44)41-26(22-7-6-8-24(35)15-22)11-12-28(41)34(4,5)33(45)37-17-21-9-10-21/h6-8,13-16,20-21,26,28H,9-12,17H2,1-5H3,(H,37,45)(H,38,42)(H,40,43)/t20-,26+,28-/m1/s1. The molecule has 3 amide bonds. The van der Waals surface area contributed by atoms with Crippen molar-refractivity contribution in [2.45, 2.75) is 78.4 Å². The Morgan fingerprint density at radius 2 is 1.87 bits per heavy atom. The average Bonchev–Trinajstić information content (AvgIpc) is 3.73. The number of amides is 3. The second-order valence-corrected chi connectivity index (χ2v) is 13.3. The first-order valence-electron chi connectivity index (χ1n) is 15.5. The molecule has 10 nitrogen and oxygen atoms in total. The van der Waals surface area contributed by atoms with Crippen LogP contribution in [0.5, 0.6) is 11.5 Å². The Labute approximate surface area is 272 Å². The number of carbonyl (C=O) groups excluding carboxylic acids is 3. The number of halogens is 2. The number of H-pyrrole nitrogens is 1. The fourth-order valence-electron chi connectivity index (χ4n) is 6.03. The lowest BCUT2D eigenvalue weighted by molar-refractivity contribution is -0.142. The number of ether oxygens (including phenoxy) is 1. The van der Waals surface area contributed by atoms with E-state index in [1.165, 1.54) is 12.1 Å². The van der Waals surface area contributed by atoms with Gasteiger partial charge < -0.3 is 20.3 Å². The number of aromatic amines is 1. The summed E-state index contributed by atoms with van der Waals surface area (Å²) >= 11 is 6.32. The Morgan fingerprint density at radius 3 is 2.54 bits per heavy atom. The van der Waals surface area contributed by atoms with Crippen LogP contribution in [-0.4, -0.2) is 51.4 Å². The molecule has 0 spiro atoms. The van der Waals surface area contributed by atoms with Gasteiger partial charge in [0, 0.05) is 29.2 Å². The topological polar surface area (TPSA) is 133 Å². The van der Waals surface area contributed by atoms with E-state index in [2.05, 4.69) is 20.8 Å². The molecule has 3 atom stereocenters. The molecule has 2 heterocycles. The van der Waals surface area contributed by atoms with E-state index < -0.39 is 34.8 Å². The van der Waals surface area contributed by atoms with Crippen LogP contribution in [-0.2, 0) is 9.59 Å². The van der Waals surface area contributed by atoms with Crippen molar-refractivity contribution in [3.05, 3.63) is 86.0 Å². The molecule has 1 saturated heterocycles. The predicted molar refractivity (Wildman–Crippen MR) is 171 cm³/mol. The van der Waals surface area contributed by atoms with Crippen molar-refractivity contribution in [3.63, 3.8) is 0 Å². The van der Waals surface area contributed by atoms with Crippen molar-refractivity contribution in [3.8, 4) is 11.5 Å². The van der Waals surface area contributed by atoms with Crippen LogP contribution in [0.15, 0.2) is 47.3 Å². The number of hydrogen-bond donors (Lipinski definition) is 3. The van der Waals surface area contributed by atoms with Crippen molar-refractivity contribution in [1.29, 1.82) is 0 Å². The van der Waals surface area contributed by atoms with Gasteiger partial charge in [0.05, 0.1) is 17.2 Å². The molecule has 5 rings (SSSR count). The molecule has 0 unspecified atom stereocenters. The number of likely N-dealkylation sites (tertiary alicyclic amines) is 1. The molecule has 1 aliphatic heterocycles. The van der Waals surface area contributed by atoms with E-state index in [-0.39, 0.29) is 40.5 Å². The van der Waals surface area contributed by atoms with Crippen molar-refractivity contribution in [1.82, 2.24) is 25.7 Å². The Kier molecular flexibility index (Phi) is 9.53. The average molecular weight is 652 g/mol. The minimum atomic E-state index is -1.00. The largest absolute Gasteiger partial charge is 0.448 e. The number of nitrogens with one attached hydrogen (secondary N) is 3. The van der Waals surface area contributed by atoms with Crippen molar-refractivity contribution >= 4 is 29.3 Å². The third-order valence-electron chi connectivity index (χ3n) is 8.86. The summed E-state index contributed by atoms with van der Waals surface area (Å²) in [5.74, 6) is -1.84. The molecule has 1 saturated carbocycles. The predicted octanol–water partition coefficient (Wildman–Crippen LogP) is 5.37. The molecule has 2 aliphatic rings. The van der Waals surface area contributed by atoms with Crippen molar-refractivity contribution in [2.24, 2.45) is 11.3 Å². The van der Waals surface area contributed by atoms with E-state index in [0.29, 0.717) is 36.0 Å². The SMILES string of the molecule is Cc1cc(Oc2c(C)cc(C(=O)N[C@H](C)C(=O)N3[C@H](c4cccc(Cl)c4)CC[C@@H]3C(C)(C)C(=O)NCC3CC3)cc2F)c(=O)[nH]n1. The molecule has 2 fully saturated rings. The van der Waals surface area contributed by atoms with Crippen molar-refractivity contribution < 1.29 is 23.5 Å². The van der Waals surface area contributed by atoms with E-state index in [9.17, 15) is 19.2 Å². The summed E-state index contributed by atoms with van der Waals surface area (Å²) in [6.45, 7) is 9.08. The third-order valence-corrected chi connectivity index (χ3v) is 9.09. The van der Waals surface area contributed by atoms with Gasteiger partial charge in [-0.05, 0) is 102 Å². The number of benzene rings is 2. The van der Waals surface area contributed by atoms with Crippen LogP contribution in [0, 0.1) is 31.0 Å². The highest BCUT2D eigenvalue weighted by atomic mass is 35.5. The van der Waals surface area contributed by atoms with Crippen LogP contribution in [0.1, 0.15) is 79.7 Å². The first-order valence-corrected chi connectivity index (χ1v) is 15.8. The Balaban J connectivity index is 1.36. The van der Waals surface area contributed by atoms with Gasteiger partial charge >= 0.3 is 5.56 Å². The number of aryl methyl sites for hydroxylation is 2. The summed E-state index contributed by atoms with van der Waals surface area (Å²) in [7, 11) is 0. The highest BCUT2D eigenvalue weighted by Gasteiger charge is 2.49. The molecule has 1 aromatic heterocycles. The van der Waals surface area contributed by atoms with Gasteiger partial charge in [-0.25, -0.2) is 9.49 Å². The molecule has 12 heteroatoms. The van der Waals surface area contributed by atoms with E-state index in [1.807, 2.05) is 32.0 Å². The maximum absolute atomic E-state index is 15.2. The monoisotopic (exact) mass is 651 g/mol. The summed E-state index contributed by atoms with van der Waals surface area (Å²) in [4.78, 5) is 54.8. The van der Waals surface area contributed by atoms with Crippen LogP contribution in [0.25, 0.3) is 0 Å². The molecule has 0 radical (unpaired) electrons. The second-order valence-electron chi connectivity index (χ2n) is 12.9. The molecule has 3 aromatic rings. The molecule has 2 aromatic carbocycles. The number of hydrogen-bond acceptors (Lipinski definition) is 6. The molecule has 1 aliphatic carbocycles. The maximum atomic E-state index is 15.2. The van der Waals surface area contributed by atoms with Gasteiger partial charge in [0.25, 0.3) is 5.91 Å². The number of carbonyl (C=O) groups is 3. The minimum absolute atomic E-state index is 0.0223. The molecular formula is C34H39ClFN5O5. The fraction of sp³-hybridized carbons (Fsp3) is 0.441. The summed E-state index contributed by atoms with van der Waals surface area (Å²) < 4.78 is 20.8. The lowest BCUT2D eigenvalue weighted by Crippen LogP contribution is -2.56. The highest BCUT2D eigenvalue weighted by Crippen LogP contribution is 2.44. The van der Waals surface area contributed by atoms with Crippen LogP contribution < -0.4 is 20.9 Å². The number of aromatic nitrogens is 2. The summed E-state index contributed by atoms with van der Waals surface area (Å²) in [5, 5.41) is 12.4. The van der Waals surface area contributed by atoms with Gasteiger partial charge in [0.2, 0.25) is 11.8 Å². The van der Waals surface area contributed by atoms with Crippen LogP contribution in [0.4, 0.5) is 4.39 Å². The van der Waals surface area contributed by atoms with E-state index in [0.717, 1.165) is 24.5 Å². The van der Waals surface area contributed by atoms with Crippen LogP contribution in [0.3, 0.4) is 0 Å². The molecule has 3 N–H and O–H groups in total. The highest BCUT2D eigenvalue weighted by molar-refractivity contribution is 6.30. The van der Waals surface area contributed by atoms with Crippen LogP contribution >= 0.6 is 11.6 Å². The van der Waals surface area contributed by atoms with E-state index >= 15 is 4.39 Å². The summed E-state index contributed by atoms with van der Waals surface area (Å²) in [5.41, 5.74) is 0.0317. The normalized spacial score (nSPS) is 18.6. The first kappa shape index (κ1) is 33.1. The van der Waals surface area contributed by atoms with Gasteiger partial charge in [-0.3, -0.25) is 19.2 Å². The molecule has 0 bridgehead atoms. The fourth-order valence-corrected chi connectivity index (χ4v) is 6.23. The summed E-state index contributed by atoms with van der Waals surface area (Å²) in [6, 6.07) is 9.29. The third kappa shape index (κ3) is 7.09. The van der Waals surface area contributed by atoms with Gasteiger partial charge in [-0.2, -0.15) is 5.10 Å². The zero-order chi connectivity index (χ0) is 33.3. The van der Waals surface area contributed by atoms with Crippen molar-refractivity contribution in [2.75, 3.05) is 6.54 Å². The minimum Gasteiger partial charge on any atom is -0.448 e. The first-order chi connectivity index (χ1) is 21.8. The number of rotatable bonds is 10. The Morgan fingerprint density at radius 1 is 1.13 bits per heavy atom. The smallest absolute Gasteiger partial charge is 0.307 e. The van der Waals surface area contributed by atoms with Gasteiger partial charge in [0.15, 0.2) is 17.3 Å². The number of nitrogens with zero attached hydrogens (tertiary/aromatic N) is 2. The quantitative estimate of drug-likeness (QED) is 0.270. The molecular weight excluding hydrogens is 613 g/mol. The van der Waals surface area contributed by atoms with E-state index in [4.69, 9.17) is 16.3 Å². The van der Waals surface area contributed by atoms with Crippen LogP contribution in [0.2, 0.25) is 5.02 Å². The van der Waals surface area contributed by atoms with Gasteiger partial charge in [-0.15, -0.1) is 0 Å². The van der Waals surface area contributed by atoms with Gasteiger partial charge in [0.1, 0.15) is 6.04 Å². The zero-order valence-corrected chi connectivity index (χ0v) is 27.3. The molecule has 244 valence electrons. The van der Waals surface area contributed by atoms with E-state index in [1.54, 1.807) is 31.7 Å². The zero-order valence-electron chi connectivity index (χ0n) is 26.6. The Hall–Kier alpha value is -4.25. The maximum Gasteiger partial charge on any atom is 0.307 e. The summed E-state index contributed by atoms with van der Waals surface area (Å²) in [6.07, 6.45) is 3.40. The van der Waals surface area contributed by atoms with Gasteiger partial charge in [-0.1, -0.05) is 23.7 Å². The lowest BCUT2D eigenvalue weighted by atomic mass is 9.81. The lowest BCUT2D eigenvalue weighted by Gasteiger charge is -2.40. The molecule has 46 heavy (non-hydrogen) atoms. The second kappa shape index (κ2) is 13.2. The Bertz CT molecular complexity index is 1700.